The molecule has 2 aromatic carbocycles. The summed E-state index contributed by atoms with van der Waals surface area (Å²) in [5.74, 6) is -0.179. The zero-order chi connectivity index (χ0) is 17.6. The van der Waals surface area contributed by atoms with Crippen molar-refractivity contribution in [1.29, 1.82) is 0 Å². The van der Waals surface area contributed by atoms with Crippen LogP contribution in [0.5, 0.6) is 0 Å². The Bertz CT molecular complexity index is 794. The third kappa shape index (κ3) is 2.80. The van der Waals surface area contributed by atoms with Gasteiger partial charge in [0.1, 0.15) is 17.5 Å². The van der Waals surface area contributed by atoms with Gasteiger partial charge in [-0.15, -0.1) is 6.58 Å². The third-order valence-corrected chi connectivity index (χ3v) is 6.13. The Kier molecular flexibility index (Phi) is 4.18. The minimum absolute atomic E-state index is 0.153. The molecule has 0 aromatic heterocycles. The first-order chi connectivity index (χ1) is 12.1. The molecule has 1 fully saturated rings. The van der Waals surface area contributed by atoms with Crippen molar-refractivity contribution >= 4 is 0 Å². The Balaban J connectivity index is 1.77. The molecule has 25 heavy (non-hydrogen) atoms. The van der Waals surface area contributed by atoms with E-state index in [2.05, 4.69) is 6.58 Å². The summed E-state index contributed by atoms with van der Waals surface area (Å²) in [6.07, 6.45) is 5.34. The normalized spacial score (nSPS) is 28.1. The summed E-state index contributed by atoms with van der Waals surface area (Å²) in [4.78, 5) is 0. The van der Waals surface area contributed by atoms with E-state index in [-0.39, 0.29) is 17.7 Å². The highest BCUT2D eigenvalue weighted by Gasteiger charge is 2.42. The SMILES string of the molecule is C=C[C@@H]1CC[C@H]2c3cc(F)cc(F)c3CC[C@@H]2[C@H]1c1ccc(F)cc1. The highest BCUT2D eigenvalue weighted by atomic mass is 19.1. The lowest BCUT2D eigenvalue weighted by Gasteiger charge is -2.46. The van der Waals surface area contributed by atoms with Crippen molar-refractivity contribution in [1.82, 2.24) is 0 Å². The topological polar surface area (TPSA) is 0 Å². The lowest BCUT2D eigenvalue weighted by molar-refractivity contribution is 0.194. The van der Waals surface area contributed by atoms with Crippen molar-refractivity contribution in [2.24, 2.45) is 11.8 Å². The van der Waals surface area contributed by atoms with E-state index in [0.717, 1.165) is 36.5 Å². The molecule has 0 N–H and O–H groups in total. The monoisotopic (exact) mass is 342 g/mol. The number of allylic oxidation sites excluding steroid dienone is 1. The molecule has 0 nitrogen and oxygen atoms in total. The summed E-state index contributed by atoms with van der Waals surface area (Å²) in [5.41, 5.74) is 2.61. The molecule has 130 valence electrons. The largest absolute Gasteiger partial charge is 0.207 e. The van der Waals surface area contributed by atoms with Gasteiger partial charge in [-0.2, -0.15) is 0 Å². The molecule has 1 saturated carbocycles. The van der Waals surface area contributed by atoms with Crippen molar-refractivity contribution in [2.45, 2.75) is 37.5 Å². The van der Waals surface area contributed by atoms with Crippen molar-refractivity contribution in [3.8, 4) is 0 Å². The molecule has 0 radical (unpaired) electrons. The second-order valence-corrected chi connectivity index (χ2v) is 7.32. The van der Waals surface area contributed by atoms with E-state index in [4.69, 9.17) is 0 Å². The zero-order valence-electron chi connectivity index (χ0n) is 14.0. The Morgan fingerprint density at radius 3 is 2.40 bits per heavy atom. The molecular formula is C22H21F3. The summed E-state index contributed by atoms with van der Waals surface area (Å²) in [5, 5.41) is 0. The highest BCUT2D eigenvalue weighted by molar-refractivity contribution is 5.38. The molecule has 2 aliphatic carbocycles. The van der Waals surface area contributed by atoms with Crippen LogP contribution in [0.3, 0.4) is 0 Å². The van der Waals surface area contributed by atoms with Crippen LogP contribution < -0.4 is 0 Å². The van der Waals surface area contributed by atoms with Crippen LogP contribution in [-0.4, -0.2) is 0 Å². The Morgan fingerprint density at radius 2 is 1.68 bits per heavy atom. The maximum Gasteiger partial charge on any atom is 0.129 e. The summed E-state index contributed by atoms with van der Waals surface area (Å²) in [6, 6.07) is 9.20. The number of rotatable bonds is 2. The maximum atomic E-state index is 14.2. The van der Waals surface area contributed by atoms with Gasteiger partial charge in [-0.25, -0.2) is 13.2 Å². The lowest BCUT2D eigenvalue weighted by Crippen LogP contribution is -2.35. The number of hydrogen-bond donors (Lipinski definition) is 0. The second kappa shape index (κ2) is 6.36. The smallest absolute Gasteiger partial charge is 0.129 e. The van der Waals surface area contributed by atoms with Crippen LogP contribution in [0.25, 0.3) is 0 Å². The molecule has 0 spiro atoms. The van der Waals surface area contributed by atoms with Gasteiger partial charge in [-0.05, 0) is 84.2 Å². The first-order valence-corrected chi connectivity index (χ1v) is 8.94. The second-order valence-electron chi connectivity index (χ2n) is 7.32. The van der Waals surface area contributed by atoms with Gasteiger partial charge in [0.05, 0.1) is 0 Å². The van der Waals surface area contributed by atoms with E-state index in [9.17, 15) is 13.2 Å². The van der Waals surface area contributed by atoms with Crippen molar-refractivity contribution in [3.05, 3.63) is 83.2 Å². The minimum atomic E-state index is -0.499. The molecule has 2 aliphatic rings. The van der Waals surface area contributed by atoms with Gasteiger partial charge in [0.25, 0.3) is 0 Å². The quantitative estimate of drug-likeness (QED) is 0.576. The molecule has 2 aromatic rings. The van der Waals surface area contributed by atoms with Crippen LogP contribution in [-0.2, 0) is 6.42 Å². The van der Waals surface area contributed by atoms with Crippen LogP contribution in [0.4, 0.5) is 13.2 Å². The Labute approximate surface area is 146 Å². The molecule has 3 heteroatoms. The summed E-state index contributed by atoms with van der Waals surface area (Å²) in [6.45, 7) is 3.99. The van der Waals surface area contributed by atoms with Crippen molar-refractivity contribution < 1.29 is 13.2 Å². The number of fused-ring (bicyclic) bond motifs is 3. The predicted molar refractivity (Wildman–Crippen MR) is 93.0 cm³/mol. The van der Waals surface area contributed by atoms with Gasteiger partial charge in [0, 0.05) is 6.07 Å². The average Bonchev–Trinajstić information content (AvgIpc) is 2.61. The van der Waals surface area contributed by atoms with Gasteiger partial charge in [-0.3, -0.25) is 0 Å². The van der Waals surface area contributed by atoms with Crippen LogP contribution in [0.15, 0.2) is 49.1 Å². The fourth-order valence-electron chi connectivity index (χ4n) is 5.07. The van der Waals surface area contributed by atoms with Crippen LogP contribution in [0.2, 0.25) is 0 Å². The summed E-state index contributed by atoms with van der Waals surface area (Å²) in [7, 11) is 0. The van der Waals surface area contributed by atoms with E-state index in [1.165, 1.54) is 18.2 Å². The number of benzene rings is 2. The number of halogens is 3. The van der Waals surface area contributed by atoms with Gasteiger partial charge in [0.2, 0.25) is 0 Å². The molecular weight excluding hydrogens is 321 g/mol. The van der Waals surface area contributed by atoms with E-state index in [1.54, 1.807) is 0 Å². The van der Waals surface area contributed by atoms with E-state index >= 15 is 0 Å². The molecule has 0 saturated heterocycles. The fourth-order valence-corrected chi connectivity index (χ4v) is 5.07. The molecule has 0 bridgehead atoms. The maximum absolute atomic E-state index is 14.2. The first-order valence-electron chi connectivity index (χ1n) is 8.94. The Hall–Kier alpha value is -2.03. The molecule has 0 amide bonds. The van der Waals surface area contributed by atoms with Crippen LogP contribution in [0.1, 0.15) is 47.8 Å². The van der Waals surface area contributed by atoms with Gasteiger partial charge < -0.3 is 0 Å². The molecule has 4 rings (SSSR count). The van der Waals surface area contributed by atoms with Gasteiger partial charge in [-0.1, -0.05) is 18.2 Å². The zero-order valence-corrected chi connectivity index (χ0v) is 14.0. The van der Waals surface area contributed by atoms with Crippen LogP contribution >= 0.6 is 0 Å². The van der Waals surface area contributed by atoms with Gasteiger partial charge in [0.15, 0.2) is 0 Å². The van der Waals surface area contributed by atoms with Crippen molar-refractivity contribution in [3.63, 3.8) is 0 Å². The summed E-state index contributed by atoms with van der Waals surface area (Å²) < 4.78 is 41.4. The summed E-state index contributed by atoms with van der Waals surface area (Å²) >= 11 is 0. The fraction of sp³-hybridized carbons (Fsp3) is 0.364. The highest BCUT2D eigenvalue weighted by Crippen LogP contribution is 2.54. The molecule has 4 atom stereocenters. The van der Waals surface area contributed by atoms with Crippen molar-refractivity contribution in [2.75, 3.05) is 0 Å². The molecule has 0 heterocycles. The predicted octanol–water partition coefficient (Wildman–Crippen LogP) is 6.13. The average molecular weight is 342 g/mol. The third-order valence-electron chi connectivity index (χ3n) is 6.13. The van der Waals surface area contributed by atoms with E-state index < -0.39 is 11.6 Å². The van der Waals surface area contributed by atoms with E-state index in [1.807, 2.05) is 18.2 Å². The van der Waals surface area contributed by atoms with E-state index in [0.29, 0.717) is 23.8 Å². The lowest BCUT2D eigenvalue weighted by atomic mass is 9.58. The van der Waals surface area contributed by atoms with Gasteiger partial charge >= 0.3 is 0 Å². The molecule has 0 aliphatic heterocycles. The standard InChI is InChI=1S/C22H21F3/c1-2-13-5-8-17-19(22(13)14-3-6-15(23)7-4-14)10-9-18-20(17)11-16(24)12-21(18)25/h2-4,6-7,11-13,17,19,22H,1,5,8-10H2/t13-,17-,19+,22-/m1/s1. The molecule has 0 unspecified atom stereocenters. The van der Waals surface area contributed by atoms with Crippen LogP contribution in [0, 0.1) is 29.3 Å². The minimum Gasteiger partial charge on any atom is -0.207 e. The first kappa shape index (κ1) is 16.4. The Morgan fingerprint density at radius 1 is 0.920 bits per heavy atom. The number of hydrogen-bond acceptors (Lipinski definition) is 0.